The molecule has 8 heteroatoms. The average Bonchev–Trinajstić information content (AvgIpc) is 3.02. The second kappa shape index (κ2) is 8.06. The molecule has 0 N–H and O–H groups in total. The number of hydrogen-bond acceptors (Lipinski definition) is 4. The van der Waals surface area contributed by atoms with Gasteiger partial charge in [0.1, 0.15) is 5.82 Å². The summed E-state index contributed by atoms with van der Waals surface area (Å²) in [6.45, 7) is 1.25. The standard InChI is InChI=1S/C22H20FN3O4/c23-18-8-4-3-7-17(18)20(28)25-13-11-24(12-14-25)19(27)9-10-26-21(29)15-5-1-2-6-16(15)22(26)30/h1-8H,9-14H2. The van der Waals surface area contributed by atoms with E-state index in [-0.39, 0.29) is 36.3 Å². The number of carbonyl (C=O) groups is 4. The molecule has 0 aromatic heterocycles. The fourth-order valence-electron chi connectivity index (χ4n) is 3.77. The fraction of sp³-hybridized carbons (Fsp3) is 0.273. The second-order valence-corrected chi connectivity index (χ2v) is 7.21. The molecule has 2 aliphatic rings. The number of carbonyl (C=O) groups excluding carboxylic acids is 4. The molecule has 0 radical (unpaired) electrons. The molecule has 4 amide bonds. The van der Waals surface area contributed by atoms with Crippen LogP contribution in [0.4, 0.5) is 4.39 Å². The van der Waals surface area contributed by atoms with Gasteiger partial charge in [0.2, 0.25) is 5.91 Å². The summed E-state index contributed by atoms with van der Waals surface area (Å²) in [5.41, 5.74) is 0.730. The van der Waals surface area contributed by atoms with E-state index < -0.39 is 11.7 Å². The van der Waals surface area contributed by atoms with E-state index in [2.05, 4.69) is 0 Å². The summed E-state index contributed by atoms with van der Waals surface area (Å²) in [6.07, 6.45) is 0.0206. The molecular weight excluding hydrogens is 389 g/mol. The van der Waals surface area contributed by atoms with Gasteiger partial charge in [0.25, 0.3) is 17.7 Å². The molecule has 0 saturated carbocycles. The maximum Gasteiger partial charge on any atom is 0.261 e. The van der Waals surface area contributed by atoms with Crippen LogP contribution in [0, 0.1) is 5.82 Å². The van der Waals surface area contributed by atoms with Crippen molar-refractivity contribution in [3.05, 3.63) is 71.0 Å². The van der Waals surface area contributed by atoms with Gasteiger partial charge in [-0.2, -0.15) is 0 Å². The lowest BCUT2D eigenvalue weighted by atomic mass is 10.1. The first-order valence-electron chi connectivity index (χ1n) is 9.74. The number of rotatable bonds is 4. The molecule has 2 aromatic carbocycles. The van der Waals surface area contributed by atoms with Crippen LogP contribution >= 0.6 is 0 Å². The number of piperazine rings is 1. The normalized spacial score (nSPS) is 16.1. The molecular formula is C22H20FN3O4. The minimum absolute atomic E-state index is 0.0134. The SMILES string of the molecule is O=C(CCN1C(=O)c2ccccc2C1=O)N1CCN(C(=O)c2ccccc2F)CC1. The van der Waals surface area contributed by atoms with Gasteiger partial charge >= 0.3 is 0 Å². The van der Waals surface area contributed by atoms with E-state index in [1.807, 2.05) is 0 Å². The lowest BCUT2D eigenvalue weighted by molar-refractivity contribution is -0.132. The Hall–Kier alpha value is -3.55. The Morgan fingerprint density at radius 3 is 1.93 bits per heavy atom. The monoisotopic (exact) mass is 409 g/mol. The summed E-state index contributed by atoms with van der Waals surface area (Å²) in [7, 11) is 0. The highest BCUT2D eigenvalue weighted by atomic mass is 19.1. The molecule has 2 heterocycles. The minimum atomic E-state index is -0.568. The third-order valence-electron chi connectivity index (χ3n) is 5.45. The molecule has 0 bridgehead atoms. The quantitative estimate of drug-likeness (QED) is 0.722. The van der Waals surface area contributed by atoms with Gasteiger partial charge in [0.15, 0.2) is 0 Å². The Balaban J connectivity index is 1.30. The molecule has 0 aliphatic carbocycles. The van der Waals surface area contributed by atoms with Crippen LogP contribution in [0.5, 0.6) is 0 Å². The molecule has 2 aliphatic heterocycles. The van der Waals surface area contributed by atoms with Crippen molar-refractivity contribution in [3.63, 3.8) is 0 Å². The van der Waals surface area contributed by atoms with Gasteiger partial charge in [-0.05, 0) is 24.3 Å². The fourth-order valence-corrected chi connectivity index (χ4v) is 3.77. The maximum atomic E-state index is 13.8. The van der Waals surface area contributed by atoms with Crippen molar-refractivity contribution in [2.75, 3.05) is 32.7 Å². The third-order valence-corrected chi connectivity index (χ3v) is 5.45. The Bertz CT molecular complexity index is 996. The first-order chi connectivity index (χ1) is 14.5. The summed E-state index contributed by atoms with van der Waals surface area (Å²) in [4.78, 5) is 54.0. The van der Waals surface area contributed by atoms with Crippen LogP contribution in [-0.4, -0.2) is 71.1 Å². The molecule has 7 nitrogen and oxygen atoms in total. The molecule has 2 aromatic rings. The van der Waals surface area contributed by atoms with E-state index in [9.17, 15) is 23.6 Å². The highest BCUT2D eigenvalue weighted by molar-refractivity contribution is 6.21. The van der Waals surface area contributed by atoms with Crippen LogP contribution in [0.3, 0.4) is 0 Å². The van der Waals surface area contributed by atoms with Crippen LogP contribution < -0.4 is 0 Å². The molecule has 154 valence electrons. The van der Waals surface area contributed by atoms with E-state index >= 15 is 0 Å². The van der Waals surface area contributed by atoms with Gasteiger partial charge in [-0.3, -0.25) is 24.1 Å². The molecule has 30 heavy (non-hydrogen) atoms. The lowest BCUT2D eigenvalue weighted by Crippen LogP contribution is -2.51. The topological polar surface area (TPSA) is 78.0 Å². The molecule has 4 rings (SSSR count). The zero-order valence-electron chi connectivity index (χ0n) is 16.2. The second-order valence-electron chi connectivity index (χ2n) is 7.21. The highest BCUT2D eigenvalue weighted by Gasteiger charge is 2.35. The van der Waals surface area contributed by atoms with Crippen molar-refractivity contribution in [1.82, 2.24) is 14.7 Å². The summed E-state index contributed by atoms with van der Waals surface area (Å²) < 4.78 is 13.8. The number of hydrogen-bond donors (Lipinski definition) is 0. The number of nitrogens with zero attached hydrogens (tertiary/aromatic N) is 3. The summed E-state index contributed by atoms with van der Waals surface area (Å²) in [5, 5.41) is 0. The van der Waals surface area contributed by atoms with Gasteiger partial charge in [0, 0.05) is 39.1 Å². The van der Waals surface area contributed by atoms with E-state index in [1.54, 1.807) is 35.2 Å². The third kappa shape index (κ3) is 3.56. The van der Waals surface area contributed by atoms with Gasteiger partial charge < -0.3 is 9.80 Å². The zero-order chi connectivity index (χ0) is 21.3. The smallest absolute Gasteiger partial charge is 0.261 e. The highest BCUT2D eigenvalue weighted by Crippen LogP contribution is 2.22. The van der Waals surface area contributed by atoms with Gasteiger partial charge in [-0.1, -0.05) is 24.3 Å². The number of halogens is 1. The van der Waals surface area contributed by atoms with Crippen LogP contribution in [-0.2, 0) is 4.79 Å². The van der Waals surface area contributed by atoms with Crippen molar-refractivity contribution >= 4 is 23.6 Å². The lowest BCUT2D eigenvalue weighted by Gasteiger charge is -2.35. The van der Waals surface area contributed by atoms with E-state index in [1.165, 1.54) is 23.1 Å². The predicted molar refractivity (Wildman–Crippen MR) is 105 cm³/mol. The summed E-state index contributed by atoms with van der Waals surface area (Å²) >= 11 is 0. The van der Waals surface area contributed by atoms with E-state index in [4.69, 9.17) is 0 Å². The Kier molecular flexibility index (Phi) is 5.31. The van der Waals surface area contributed by atoms with Crippen LogP contribution in [0.15, 0.2) is 48.5 Å². The van der Waals surface area contributed by atoms with Crippen molar-refractivity contribution in [2.45, 2.75) is 6.42 Å². The number of imide groups is 1. The van der Waals surface area contributed by atoms with Crippen LogP contribution in [0.1, 0.15) is 37.5 Å². The molecule has 0 unspecified atom stereocenters. The largest absolute Gasteiger partial charge is 0.339 e. The molecule has 1 fully saturated rings. The van der Waals surface area contributed by atoms with Crippen molar-refractivity contribution < 1.29 is 23.6 Å². The number of amides is 4. The first-order valence-corrected chi connectivity index (χ1v) is 9.74. The van der Waals surface area contributed by atoms with E-state index in [0.29, 0.717) is 37.3 Å². The average molecular weight is 409 g/mol. The van der Waals surface area contributed by atoms with Crippen molar-refractivity contribution in [3.8, 4) is 0 Å². The van der Waals surface area contributed by atoms with Gasteiger partial charge in [-0.15, -0.1) is 0 Å². The molecule has 0 atom stereocenters. The molecule has 0 spiro atoms. The summed E-state index contributed by atoms with van der Waals surface area (Å²) in [6, 6.07) is 12.4. The van der Waals surface area contributed by atoms with Gasteiger partial charge in [0.05, 0.1) is 16.7 Å². The first kappa shape index (κ1) is 19.8. The maximum absolute atomic E-state index is 13.8. The van der Waals surface area contributed by atoms with Crippen LogP contribution in [0.25, 0.3) is 0 Å². The summed E-state index contributed by atoms with van der Waals surface area (Å²) in [5.74, 6) is -1.93. The number of benzene rings is 2. The molecule has 1 saturated heterocycles. The Morgan fingerprint density at radius 1 is 0.800 bits per heavy atom. The minimum Gasteiger partial charge on any atom is -0.339 e. The van der Waals surface area contributed by atoms with Gasteiger partial charge in [-0.25, -0.2) is 4.39 Å². The van der Waals surface area contributed by atoms with Crippen molar-refractivity contribution in [2.24, 2.45) is 0 Å². The predicted octanol–water partition coefficient (Wildman–Crippen LogP) is 1.80. The van der Waals surface area contributed by atoms with Crippen LogP contribution in [0.2, 0.25) is 0 Å². The van der Waals surface area contributed by atoms with Crippen molar-refractivity contribution in [1.29, 1.82) is 0 Å². The Morgan fingerprint density at radius 2 is 1.33 bits per heavy atom. The van der Waals surface area contributed by atoms with E-state index in [0.717, 1.165) is 4.90 Å². The Labute approximate surface area is 172 Å². The zero-order valence-corrected chi connectivity index (χ0v) is 16.2. The number of fused-ring (bicyclic) bond motifs is 1.